The van der Waals surface area contributed by atoms with Gasteiger partial charge in [-0.2, -0.15) is 0 Å². The van der Waals surface area contributed by atoms with Gasteiger partial charge >= 0.3 is 0 Å². The molecule has 92 valence electrons. The van der Waals surface area contributed by atoms with Crippen LogP contribution in [-0.2, 0) is 4.79 Å². The Kier molecular flexibility index (Phi) is 9.17. The van der Waals surface area contributed by atoms with E-state index in [0.717, 1.165) is 6.42 Å². The fourth-order valence-corrected chi connectivity index (χ4v) is 0.814. The van der Waals surface area contributed by atoms with Crippen LogP contribution >= 0.6 is 0 Å². The first-order valence-corrected chi connectivity index (χ1v) is 5.66. The van der Waals surface area contributed by atoms with Crippen LogP contribution < -0.4 is 10.6 Å². The molecule has 16 heavy (non-hydrogen) atoms. The van der Waals surface area contributed by atoms with Crippen LogP contribution in [0.25, 0.3) is 0 Å². The molecular formula is C13H24N2O. The highest BCUT2D eigenvalue weighted by atomic mass is 16.1. The van der Waals surface area contributed by atoms with E-state index < -0.39 is 0 Å². The summed E-state index contributed by atoms with van der Waals surface area (Å²) in [5, 5.41) is 5.89. The highest BCUT2D eigenvalue weighted by molar-refractivity contribution is 5.75. The van der Waals surface area contributed by atoms with Gasteiger partial charge in [0.25, 0.3) is 0 Å². The van der Waals surface area contributed by atoms with E-state index in [-0.39, 0.29) is 8.76 Å². The van der Waals surface area contributed by atoms with Crippen LogP contribution in [0.1, 0.15) is 36.5 Å². The Labute approximate surface area is 101 Å². The maximum atomic E-state index is 10.8. The Morgan fingerprint density at radius 1 is 1.25 bits per heavy atom. The molecule has 0 aromatic rings. The highest BCUT2D eigenvalue weighted by Gasteiger charge is 1.92. The summed E-state index contributed by atoms with van der Waals surface area (Å²) in [6.45, 7) is 7.09. The van der Waals surface area contributed by atoms with Gasteiger partial charge in [0.1, 0.15) is 0 Å². The van der Waals surface area contributed by atoms with Crippen LogP contribution in [0.3, 0.4) is 0 Å². The van der Waals surface area contributed by atoms with E-state index in [1.54, 1.807) is 0 Å². The molecule has 0 saturated carbocycles. The summed E-state index contributed by atoms with van der Waals surface area (Å²) in [5.74, 6) is 11.1. The van der Waals surface area contributed by atoms with Gasteiger partial charge in [-0.25, -0.2) is 0 Å². The predicted octanol–water partition coefficient (Wildman–Crippen LogP) is 1.40. The molecule has 3 heteroatoms. The van der Waals surface area contributed by atoms with E-state index >= 15 is 0 Å². The Hall–Kier alpha value is -1.45. The zero-order valence-corrected chi connectivity index (χ0v) is 10.3. The number of nitrogens with one attached hydrogen (secondary N) is 2. The Balaban J connectivity index is -0.00000112. The highest BCUT2D eigenvalue weighted by Crippen LogP contribution is 1.84. The van der Waals surface area contributed by atoms with Crippen LogP contribution in [0, 0.1) is 23.7 Å². The number of carbonyl (C=O) groups is 1. The van der Waals surface area contributed by atoms with E-state index in [1.807, 2.05) is 6.92 Å². The topological polar surface area (TPSA) is 41.1 Å². The Bertz CT molecular complexity index is 323. The minimum Gasteiger partial charge on any atom is -0.345 e. The molecule has 0 rings (SSSR count). The van der Waals surface area contributed by atoms with Crippen LogP contribution in [-0.4, -0.2) is 25.0 Å². The summed E-state index contributed by atoms with van der Waals surface area (Å²) in [5.41, 5.74) is 0. The summed E-state index contributed by atoms with van der Waals surface area (Å²) in [7, 11) is 0. The fourth-order valence-electron chi connectivity index (χ4n) is 0.814. The summed E-state index contributed by atoms with van der Waals surface area (Å²) < 4.78 is 0. The number of hydrogen-bond donors (Lipinski definition) is 2. The van der Waals surface area contributed by atoms with Crippen molar-refractivity contribution in [1.82, 2.24) is 10.6 Å². The molecule has 3 nitrogen and oxygen atoms in total. The maximum Gasteiger partial charge on any atom is 0.220 e. The SMILES string of the molecule is CCC(=O)NCC#CC#CCNC(C)CC.[HH].[HH]. The lowest BCUT2D eigenvalue weighted by atomic mass is 10.3. The summed E-state index contributed by atoms with van der Waals surface area (Å²) in [6.07, 6.45) is 1.59. The van der Waals surface area contributed by atoms with Gasteiger partial charge in [-0.05, 0) is 25.2 Å². The van der Waals surface area contributed by atoms with Crippen molar-refractivity contribution in [3.63, 3.8) is 0 Å². The summed E-state index contributed by atoms with van der Waals surface area (Å²) >= 11 is 0. The lowest BCUT2D eigenvalue weighted by molar-refractivity contribution is -0.120. The second kappa shape index (κ2) is 10.1. The average Bonchev–Trinajstić information content (AvgIpc) is 2.31. The van der Waals surface area contributed by atoms with Crippen molar-refractivity contribution >= 4 is 5.91 Å². The molecule has 0 aliphatic carbocycles. The molecule has 0 heterocycles. The minimum atomic E-state index is 0. The molecule has 1 amide bonds. The number of rotatable bonds is 5. The van der Waals surface area contributed by atoms with Crippen molar-refractivity contribution in [2.75, 3.05) is 13.1 Å². The number of hydrogen-bond acceptors (Lipinski definition) is 2. The van der Waals surface area contributed by atoms with E-state index in [4.69, 9.17) is 0 Å². The van der Waals surface area contributed by atoms with Crippen molar-refractivity contribution < 1.29 is 7.65 Å². The smallest absolute Gasteiger partial charge is 0.220 e. The van der Waals surface area contributed by atoms with Crippen molar-refractivity contribution in [1.29, 1.82) is 0 Å². The van der Waals surface area contributed by atoms with E-state index in [9.17, 15) is 4.79 Å². The van der Waals surface area contributed by atoms with Crippen LogP contribution in [0.4, 0.5) is 0 Å². The van der Waals surface area contributed by atoms with Gasteiger partial charge in [0.05, 0.1) is 13.1 Å². The molecular weight excluding hydrogens is 200 g/mol. The molecule has 0 spiro atoms. The predicted molar refractivity (Wildman–Crippen MR) is 70.8 cm³/mol. The lowest BCUT2D eigenvalue weighted by Crippen LogP contribution is -2.25. The van der Waals surface area contributed by atoms with Gasteiger partial charge in [0.2, 0.25) is 5.91 Å². The fraction of sp³-hybridized carbons (Fsp3) is 0.615. The number of amides is 1. The van der Waals surface area contributed by atoms with Crippen LogP contribution in [0.5, 0.6) is 0 Å². The van der Waals surface area contributed by atoms with Crippen molar-refractivity contribution in [2.24, 2.45) is 0 Å². The van der Waals surface area contributed by atoms with Gasteiger partial charge in [0.15, 0.2) is 0 Å². The first-order chi connectivity index (χ1) is 7.70. The van der Waals surface area contributed by atoms with Gasteiger partial charge < -0.3 is 10.6 Å². The second-order valence-electron chi connectivity index (χ2n) is 3.42. The van der Waals surface area contributed by atoms with Gasteiger partial charge in [-0.3, -0.25) is 4.79 Å². The van der Waals surface area contributed by atoms with Crippen molar-refractivity contribution in [3.05, 3.63) is 0 Å². The molecule has 0 aromatic carbocycles. The molecule has 0 aliphatic rings. The maximum absolute atomic E-state index is 10.8. The summed E-state index contributed by atoms with van der Waals surface area (Å²) in [4.78, 5) is 10.8. The summed E-state index contributed by atoms with van der Waals surface area (Å²) in [6, 6.07) is 0.492. The van der Waals surface area contributed by atoms with Crippen LogP contribution in [0.2, 0.25) is 0 Å². The Morgan fingerprint density at radius 3 is 2.44 bits per heavy atom. The number of carbonyl (C=O) groups excluding carboxylic acids is 1. The normalized spacial score (nSPS) is 10.4. The standard InChI is InChI=1S/C13H20N2O.2H2/c1-4-12(3)14-10-8-6-7-9-11-15-13(16)5-2;;/h12,14H,4-5,10-11H2,1-3H3,(H,15,16);2*1H. The Morgan fingerprint density at radius 2 is 1.88 bits per heavy atom. The van der Waals surface area contributed by atoms with E-state index in [2.05, 4.69) is 48.2 Å². The van der Waals surface area contributed by atoms with Crippen molar-refractivity contribution in [3.8, 4) is 23.7 Å². The largest absolute Gasteiger partial charge is 0.345 e. The monoisotopic (exact) mass is 224 g/mol. The lowest BCUT2D eigenvalue weighted by Gasteiger charge is -2.06. The molecule has 0 aliphatic heterocycles. The first-order valence-electron chi connectivity index (χ1n) is 5.66. The van der Waals surface area contributed by atoms with Gasteiger partial charge in [0, 0.05) is 15.3 Å². The molecule has 0 aromatic heterocycles. The molecule has 1 unspecified atom stereocenters. The van der Waals surface area contributed by atoms with Crippen LogP contribution in [0.15, 0.2) is 0 Å². The third-order valence-corrected chi connectivity index (χ3v) is 2.09. The molecule has 2 N–H and O–H groups in total. The van der Waals surface area contributed by atoms with E-state index in [0.29, 0.717) is 25.6 Å². The van der Waals surface area contributed by atoms with Gasteiger partial charge in [-0.15, -0.1) is 0 Å². The third-order valence-electron chi connectivity index (χ3n) is 2.09. The molecule has 1 atom stereocenters. The molecule has 0 fully saturated rings. The molecule has 0 saturated heterocycles. The zero-order chi connectivity index (χ0) is 12.2. The first kappa shape index (κ1) is 14.6. The second-order valence-corrected chi connectivity index (χ2v) is 3.42. The molecule has 0 bridgehead atoms. The minimum absolute atomic E-state index is 0. The van der Waals surface area contributed by atoms with Crippen molar-refractivity contribution in [2.45, 2.75) is 39.7 Å². The zero-order valence-electron chi connectivity index (χ0n) is 10.3. The van der Waals surface area contributed by atoms with E-state index in [1.165, 1.54) is 0 Å². The molecule has 0 radical (unpaired) electrons. The van der Waals surface area contributed by atoms with Gasteiger partial charge in [-0.1, -0.05) is 25.7 Å². The third kappa shape index (κ3) is 9.12. The average molecular weight is 224 g/mol. The quantitative estimate of drug-likeness (QED) is 0.693.